The van der Waals surface area contributed by atoms with E-state index in [-0.39, 0.29) is 12.2 Å². The molecular formula is C47H70O12. The zero-order valence-corrected chi connectivity index (χ0v) is 34.6. The summed E-state index contributed by atoms with van der Waals surface area (Å²) in [6.07, 6.45) is 21.4. The number of carbonyl (C=O) groups excluding carboxylic acids is 1. The van der Waals surface area contributed by atoms with Gasteiger partial charge in [0.1, 0.15) is 24.4 Å². The van der Waals surface area contributed by atoms with Crippen LogP contribution in [0.15, 0.2) is 36.5 Å². The highest BCUT2D eigenvalue weighted by molar-refractivity contribution is 5.89. The lowest BCUT2D eigenvalue weighted by Gasteiger charge is -2.19. The molecule has 0 spiro atoms. The van der Waals surface area contributed by atoms with Crippen LogP contribution in [-0.4, -0.2) is 118 Å². The Bertz CT molecular complexity index is 1450. The Labute approximate surface area is 352 Å². The topological polar surface area (TPSA) is 236 Å². The van der Waals surface area contributed by atoms with Crippen molar-refractivity contribution in [3.05, 3.63) is 36.5 Å². The molecule has 0 aromatic rings. The maximum Gasteiger partial charge on any atom is 0.381 e. The fourth-order valence-corrected chi connectivity index (χ4v) is 5.80. The van der Waals surface area contributed by atoms with E-state index in [1.165, 1.54) is 12.2 Å². The zero-order valence-electron chi connectivity index (χ0n) is 34.6. The predicted octanol–water partition coefficient (Wildman–Crippen LogP) is 3.78. The van der Waals surface area contributed by atoms with Gasteiger partial charge >= 0.3 is 5.97 Å². The first-order valence-corrected chi connectivity index (χ1v) is 21.1. The van der Waals surface area contributed by atoms with Crippen LogP contribution in [0.4, 0.5) is 0 Å². The van der Waals surface area contributed by atoms with Gasteiger partial charge in [-0.3, -0.25) is 4.79 Å². The Morgan fingerprint density at radius 1 is 0.576 bits per heavy atom. The van der Waals surface area contributed by atoms with Crippen LogP contribution in [0.3, 0.4) is 0 Å². The minimum atomic E-state index is -1.60. The van der Waals surface area contributed by atoms with Gasteiger partial charge in [0.15, 0.2) is 11.9 Å². The van der Waals surface area contributed by atoms with E-state index in [1.807, 2.05) is 18.1 Å². The summed E-state index contributed by atoms with van der Waals surface area (Å²) in [7, 11) is 0. The molecule has 0 amide bonds. The van der Waals surface area contributed by atoms with Gasteiger partial charge in [-0.2, -0.15) is 0 Å². The number of aliphatic carboxylic acids is 1. The van der Waals surface area contributed by atoms with E-state index in [1.54, 1.807) is 18.1 Å². The van der Waals surface area contributed by atoms with Crippen LogP contribution in [0.2, 0.25) is 0 Å². The summed E-state index contributed by atoms with van der Waals surface area (Å²) in [5.41, 5.74) is 0. The molecule has 0 radical (unpaired) electrons. The monoisotopic (exact) mass is 826 g/mol. The average molecular weight is 827 g/mol. The smallest absolute Gasteiger partial charge is 0.381 e. The van der Waals surface area contributed by atoms with Crippen LogP contribution in [0, 0.1) is 47.9 Å². The number of carbonyl (C=O) groups is 2. The van der Waals surface area contributed by atoms with Crippen molar-refractivity contribution < 1.29 is 60.7 Å². The number of carboxylic acids is 1. The van der Waals surface area contributed by atoms with E-state index >= 15 is 0 Å². The van der Waals surface area contributed by atoms with Crippen molar-refractivity contribution in [3.63, 3.8) is 0 Å². The molecule has 0 bridgehead atoms. The van der Waals surface area contributed by atoms with Gasteiger partial charge in [-0.05, 0) is 82.8 Å². The number of hydrogen-bond donors (Lipinski definition) is 10. The molecule has 0 saturated heterocycles. The molecule has 0 saturated carbocycles. The molecule has 0 aliphatic carbocycles. The van der Waals surface area contributed by atoms with Gasteiger partial charge in [-0.1, -0.05) is 118 Å². The molecule has 10 N–H and O–H groups in total. The molecular weight excluding hydrogens is 757 g/mol. The van der Waals surface area contributed by atoms with Gasteiger partial charge in [0, 0.05) is 18.8 Å². The van der Waals surface area contributed by atoms with E-state index in [2.05, 4.69) is 29.6 Å². The molecule has 59 heavy (non-hydrogen) atoms. The number of hydrogen-bond acceptors (Lipinski definition) is 11. The zero-order chi connectivity index (χ0) is 44.1. The Kier molecular flexibility index (Phi) is 34.9. The van der Waals surface area contributed by atoms with E-state index < -0.39 is 60.9 Å². The van der Waals surface area contributed by atoms with Crippen LogP contribution in [0.1, 0.15) is 141 Å². The third-order valence-electron chi connectivity index (χ3n) is 9.29. The van der Waals surface area contributed by atoms with Gasteiger partial charge in [0.2, 0.25) is 0 Å². The van der Waals surface area contributed by atoms with Gasteiger partial charge in [0.25, 0.3) is 0 Å². The molecule has 0 heterocycles. The van der Waals surface area contributed by atoms with Gasteiger partial charge < -0.3 is 51.1 Å². The molecule has 0 aromatic heterocycles. The fourth-order valence-electron chi connectivity index (χ4n) is 5.80. The van der Waals surface area contributed by atoms with Gasteiger partial charge in [0.05, 0.1) is 24.4 Å². The lowest BCUT2D eigenvalue weighted by Crippen LogP contribution is -2.36. The van der Waals surface area contributed by atoms with Crippen molar-refractivity contribution >= 4 is 11.8 Å². The number of aliphatic hydroxyl groups excluding tert-OH is 9. The van der Waals surface area contributed by atoms with E-state index in [0.29, 0.717) is 70.6 Å². The summed E-state index contributed by atoms with van der Waals surface area (Å²) < 4.78 is 0. The first kappa shape index (κ1) is 55.2. The van der Waals surface area contributed by atoms with Crippen molar-refractivity contribution in [2.75, 3.05) is 0 Å². The molecule has 9 atom stereocenters. The summed E-state index contributed by atoms with van der Waals surface area (Å²) in [5.74, 6) is 14.7. The highest BCUT2D eigenvalue weighted by Gasteiger charge is 2.22. The fraction of sp³-hybridized carbons (Fsp3) is 0.660. The summed E-state index contributed by atoms with van der Waals surface area (Å²) in [5, 5.41) is 97.2. The molecule has 0 aromatic carbocycles. The molecule has 9 unspecified atom stereocenters. The second-order valence-corrected chi connectivity index (χ2v) is 14.8. The van der Waals surface area contributed by atoms with Crippen molar-refractivity contribution in [1.82, 2.24) is 0 Å². The Morgan fingerprint density at radius 2 is 1.17 bits per heavy atom. The molecule has 0 aliphatic heterocycles. The molecule has 12 heteroatoms. The lowest BCUT2D eigenvalue weighted by atomic mass is 10.0. The van der Waals surface area contributed by atoms with Crippen molar-refractivity contribution in [3.8, 4) is 47.9 Å². The number of rotatable bonds is 32. The maximum atomic E-state index is 12.1. The number of unbranched alkanes of at least 4 members (excludes halogenated alkanes) is 11. The van der Waals surface area contributed by atoms with Crippen LogP contribution in [0.5, 0.6) is 0 Å². The Balaban J connectivity index is 3.87. The third kappa shape index (κ3) is 35.9. The third-order valence-corrected chi connectivity index (χ3v) is 9.29. The minimum absolute atomic E-state index is 0.0910. The van der Waals surface area contributed by atoms with E-state index in [9.17, 15) is 55.5 Å². The van der Waals surface area contributed by atoms with Gasteiger partial charge in [-0.15, -0.1) is 6.42 Å². The quantitative estimate of drug-likeness (QED) is 0.0202. The van der Waals surface area contributed by atoms with Crippen molar-refractivity contribution in [2.45, 2.75) is 196 Å². The van der Waals surface area contributed by atoms with Gasteiger partial charge in [-0.25, -0.2) is 4.79 Å². The number of carboxylic acid groups (broad SMARTS) is 1. The molecule has 0 rings (SSSR count). The second-order valence-electron chi connectivity index (χ2n) is 14.8. The minimum Gasteiger partial charge on any atom is -0.472 e. The molecule has 0 fully saturated rings. The summed E-state index contributed by atoms with van der Waals surface area (Å²) in [4.78, 5) is 22.5. The first-order chi connectivity index (χ1) is 28.2. The van der Waals surface area contributed by atoms with Crippen LogP contribution < -0.4 is 0 Å². The number of aliphatic hydroxyl groups is 9. The molecule has 330 valence electrons. The van der Waals surface area contributed by atoms with Crippen LogP contribution in [-0.2, 0) is 9.59 Å². The summed E-state index contributed by atoms with van der Waals surface area (Å²) >= 11 is 0. The standard InChI is InChI=1S/C47H70O12/c1-2-37(48)31-32-41(52)27-19-25-40(51)26-20-29-43(54)34-33-42(53)28-18-24-39(50)23-16-13-15-22-38(49)21-14-11-9-7-5-3-4-6-8-10-12-17-30-44(55)47(59)45(56)35-36-46(57)58/h1,14,16,21,23,31-32,37,39-45,47-48,50-56,59H,3-13,15,17-19,22,24-28,30H2,(H,57,58). The summed E-state index contributed by atoms with van der Waals surface area (Å²) in [6, 6.07) is 0. The maximum absolute atomic E-state index is 12.1. The predicted molar refractivity (Wildman–Crippen MR) is 228 cm³/mol. The average Bonchev–Trinajstić information content (AvgIpc) is 3.20. The Hall–Kier alpha value is -3.76. The second kappa shape index (κ2) is 37.3. The Morgan fingerprint density at radius 3 is 1.81 bits per heavy atom. The molecule has 0 aliphatic rings. The first-order valence-electron chi connectivity index (χ1n) is 21.1. The van der Waals surface area contributed by atoms with E-state index in [4.69, 9.17) is 11.5 Å². The number of ketones is 1. The van der Waals surface area contributed by atoms with E-state index in [0.717, 1.165) is 64.2 Å². The summed E-state index contributed by atoms with van der Waals surface area (Å²) in [6.45, 7) is 0. The number of terminal acetylenes is 1. The SMILES string of the molecule is C#CC(O)C=CC(O)CCCC(O)CC#CC(O)C#CC(O)CCCC(O)C=CCCCC(=O)C=CCCCCCCCCCCCCC(O)C(O)C(O)C#CC(=O)O. The largest absolute Gasteiger partial charge is 0.472 e. The lowest BCUT2D eigenvalue weighted by molar-refractivity contribution is -0.130. The van der Waals surface area contributed by atoms with Crippen LogP contribution in [0.25, 0.3) is 0 Å². The van der Waals surface area contributed by atoms with Crippen molar-refractivity contribution in [1.29, 1.82) is 0 Å². The molecule has 12 nitrogen and oxygen atoms in total. The number of allylic oxidation sites excluding steroid dienone is 3. The van der Waals surface area contributed by atoms with Crippen molar-refractivity contribution in [2.24, 2.45) is 0 Å². The van der Waals surface area contributed by atoms with Crippen LogP contribution >= 0.6 is 0 Å². The highest BCUT2D eigenvalue weighted by Crippen LogP contribution is 2.15. The normalized spacial score (nSPS) is 16.0. The highest BCUT2D eigenvalue weighted by atomic mass is 16.4.